The molecule has 1 fully saturated rings. The molecule has 27 heavy (non-hydrogen) atoms. The number of anilines is 2. The van der Waals surface area contributed by atoms with Crippen molar-refractivity contribution in [1.29, 1.82) is 0 Å². The molecule has 2 aromatic carbocycles. The Kier molecular flexibility index (Phi) is 5.76. The first kappa shape index (κ1) is 19.3. The lowest BCUT2D eigenvalue weighted by Gasteiger charge is -2.29. The molecule has 1 aliphatic heterocycles. The topological polar surface area (TPSA) is 77.1 Å². The second-order valence-electron chi connectivity index (χ2n) is 6.22. The summed E-state index contributed by atoms with van der Waals surface area (Å²) in [5.74, 6) is 1.07. The number of morpholine rings is 1. The van der Waals surface area contributed by atoms with Gasteiger partial charge in [0, 0.05) is 18.8 Å². The number of rotatable bonds is 6. The largest absolute Gasteiger partial charge is 0.497 e. The molecule has 146 valence electrons. The number of nitrogens with one attached hydrogen (secondary N) is 1. The zero-order valence-electron chi connectivity index (χ0n) is 15.7. The second kappa shape index (κ2) is 8.06. The van der Waals surface area contributed by atoms with Gasteiger partial charge in [-0.25, -0.2) is 8.42 Å². The van der Waals surface area contributed by atoms with Gasteiger partial charge in [0.15, 0.2) is 0 Å². The summed E-state index contributed by atoms with van der Waals surface area (Å²) in [5.41, 5.74) is 1.92. The Labute approximate surface area is 159 Å². The fourth-order valence-electron chi connectivity index (χ4n) is 3.04. The summed E-state index contributed by atoms with van der Waals surface area (Å²) in [6.45, 7) is 4.56. The summed E-state index contributed by atoms with van der Waals surface area (Å²) in [6, 6.07) is 10.3. The molecule has 0 amide bonds. The average Bonchev–Trinajstić information content (AvgIpc) is 2.68. The fraction of sp³-hybridized carbons (Fsp3) is 0.368. The van der Waals surface area contributed by atoms with Gasteiger partial charge >= 0.3 is 0 Å². The van der Waals surface area contributed by atoms with Gasteiger partial charge in [-0.05, 0) is 48.9 Å². The number of methoxy groups -OCH3 is 2. The summed E-state index contributed by atoms with van der Waals surface area (Å²) in [6.07, 6.45) is 0. The van der Waals surface area contributed by atoms with Gasteiger partial charge in [0.2, 0.25) is 0 Å². The quantitative estimate of drug-likeness (QED) is 0.814. The van der Waals surface area contributed by atoms with Gasteiger partial charge in [-0.2, -0.15) is 0 Å². The lowest BCUT2D eigenvalue weighted by Crippen LogP contribution is -2.36. The smallest absolute Gasteiger partial charge is 0.262 e. The van der Waals surface area contributed by atoms with Crippen molar-refractivity contribution in [3.05, 3.63) is 42.0 Å². The van der Waals surface area contributed by atoms with Crippen LogP contribution in [0.1, 0.15) is 5.56 Å². The molecule has 7 nitrogen and oxygen atoms in total. The summed E-state index contributed by atoms with van der Waals surface area (Å²) in [7, 11) is -0.719. The number of nitrogens with zero attached hydrogens (tertiary/aromatic N) is 1. The zero-order valence-corrected chi connectivity index (χ0v) is 16.5. The van der Waals surface area contributed by atoms with Crippen molar-refractivity contribution in [3.8, 4) is 11.5 Å². The Morgan fingerprint density at radius 3 is 2.41 bits per heavy atom. The number of hydrogen-bond donors (Lipinski definition) is 1. The number of hydrogen-bond acceptors (Lipinski definition) is 6. The highest BCUT2D eigenvalue weighted by Gasteiger charge is 2.21. The lowest BCUT2D eigenvalue weighted by atomic mass is 10.2. The van der Waals surface area contributed by atoms with Crippen LogP contribution in [-0.2, 0) is 14.8 Å². The van der Waals surface area contributed by atoms with Gasteiger partial charge in [-0.15, -0.1) is 0 Å². The van der Waals surface area contributed by atoms with Crippen LogP contribution in [0.3, 0.4) is 0 Å². The number of aryl methyl sites for hydroxylation is 1. The highest BCUT2D eigenvalue weighted by Crippen LogP contribution is 2.32. The Morgan fingerprint density at radius 1 is 1.04 bits per heavy atom. The van der Waals surface area contributed by atoms with Gasteiger partial charge in [-0.3, -0.25) is 4.72 Å². The van der Waals surface area contributed by atoms with Gasteiger partial charge in [0.05, 0.1) is 38.0 Å². The molecule has 1 heterocycles. The average molecular weight is 392 g/mol. The van der Waals surface area contributed by atoms with Gasteiger partial charge < -0.3 is 19.1 Å². The Bertz CT molecular complexity index is 908. The molecule has 1 N–H and O–H groups in total. The number of sulfonamides is 1. The molecular formula is C19H24N2O5S. The van der Waals surface area contributed by atoms with Crippen LogP contribution in [0.25, 0.3) is 0 Å². The van der Waals surface area contributed by atoms with Crippen molar-refractivity contribution in [1.82, 2.24) is 0 Å². The third-order valence-corrected chi connectivity index (χ3v) is 6.00. The molecule has 2 aromatic rings. The molecule has 0 unspecified atom stereocenters. The van der Waals surface area contributed by atoms with Crippen molar-refractivity contribution in [2.45, 2.75) is 11.8 Å². The van der Waals surface area contributed by atoms with Crippen LogP contribution in [0.15, 0.2) is 41.3 Å². The Hall–Kier alpha value is -2.45. The van der Waals surface area contributed by atoms with E-state index in [1.54, 1.807) is 38.3 Å². The van der Waals surface area contributed by atoms with E-state index in [1.807, 2.05) is 6.07 Å². The normalized spacial score (nSPS) is 14.7. The Morgan fingerprint density at radius 2 is 1.78 bits per heavy atom. The molecule has 8 heteroatoms. The molecule has 0 saturated carbocycles. The number of benzene rings is 2. The minimum absolute atomic E-state index is 0.196. The molecule has 0 atom stereocenters. The molecule has 1 saturated heterocycles. The van der Waals surface area contributed by atoms with E-state index in [0.29, 0.717) is 36.0 Å². The van der Waals surface area contributed by atoms with Crippen LogP contribution >= 0.6 is 0 Å². The fourth-order valence-corrected chi connectivity index (χ4v) is 4.33. The molecule has 0 aromatic heterocycles. The summed E-state index contributed by atoms with van der Waals surface area (Å²) < 4.78 is 44.4. The monoisotopic (exact) mass is 392 g/mol. The van der Waals surface area contributed by atoms with Gasteiger partial charge in [0.25, 0.3) is 10.0 Å². The molecule has 0 spiro atoms. The van der Waals surface area contributed by atoms with Gasteiger partial charge in [-0.1, -0.05) is 0 Å². The van der Waals surface area contributed by atoms with E-state index in [1.165, 1.54) is 13.2 Å². The molecule has 0 aliphatic carbocycles. The summed E-state index contributed by atoms with van der Waals surface area (Å²) in [4.78, 5) is 2.35. The van der Waals surface area contributed by atoms with Crippen molar-refractivity contribution >= 4 is 21.4 Å². The molecule has 3 rings (SSSR count). The second-order valence-corrected chi connectivity index (χ2v) is 7.87. The predicted molar refractivity (Wildman–Crippen MR) is 105 cm³/mol. The predicted octanol–water partition coefficient (Wildman–Crippen LogP) is 2.65. The maximum absolute atomic E-state index is 12.9. The highest BCUT2D eigenvalue weighted by molar-refractivity contribution is 7.92. The van der Waals surface area contributed by atoms with E-state index in [4.69, 9.17) is 14.2 Å². The third kappa shape index (κ3) is 4.28. The SMILES string of the molecule is COc1ccc(S(=O)(=O)Nc2cc(N3CCOCC3)ccc2OC)c(C)c1. The molecular weight excluding hydrogens is 368 g/mol. The maximum atomic E-state index is 12.9. The standard InChI is InChI=1S/C19H24N2O5S/c1-14-12-16(24-2)5-7-19(14)27(22,23)20-17-13-15(4-6-18(17)25-3)21-8-10-26-11-9-21/h4-7,12-13,20H,8-11H2,1-3H3. The van der Waals surface area contributed by atoms with Crippen LogP contribution < -0.4 is 19.1 Å². The molecule has 1 aliphatic rings. The molecule has 0 bridgehead atoms. The third-order valence-electron chi connectivity index (χ3n) is 4.48. The first-order valence-electron chi connectivity index (χ1n) is 8.63. The van der Waals surface area contributed by atoms with Crippen LogP contribution in [0.2, 0.25) is 0 Å². The van der Waals surface area contributed by atoms with Crippen molar-refractivity contribution in [2.75, 3.05) is 50.1 Å². The van der Waals surface area contributed by atoms with E-state index >= 15 is 0 Å². The Balaban J connectivity index is 1.93. The summed E-state index contributed by atoms with van der Waals surface area (Å²) in [5, 5.41) is 0. The van der Waals surface area contributed by atoms with Crippen molar-refractivity contribution < 1.29 is 22.6 Å². The van der Waals surface area contributed by atoms with E-state index in [2.05, 4.69) is 9.62 Å². The zero-order chi connectivity index (χ0) is 19.4. The van der Waals surface area contributed by atoms with Crippen LogP contribution in [-0.4, -0.2) is 48.9 Å². The minimum Gasteiger partial charge on any atom is -0.497 e. The van der Waals surface area contributed by atoms with Crippen LogP contribution in [0.5, 0.6) is 11.5 Å². The molecule has 0 radical (unpaired) electrons. The van der Waals surface area contributed by atoms with E-state index in [-0.39, 0.29) is 4.90 Å². The van der Waals surface area contributed by atoms with E-state index < -0.39 is 10.0 Å². The van der Waals surface area contributed by atoms with E-state index in [9.17, 15) is 8.42 Å². The minimum atomic E-state index is -3.78. The summed E-state index contributed by atoms with van der Waals surface area (Å²) >= 11 is 0. The maximum Gasteiger partial charge on any atom is 0.262 e. The van der Waals surface area contributed by atoms with Crippen molar-refractivity contribution in [3.63, 3.8) is 0 Å². The first-order chi connectivity index (χ1) is 12.9. The van der Waals surface area contributed by atoms with Crippen molar-refractivity contribution in [2.24, 2.45) is 0 Å². The van der Waals surface area contributed by atoms with Gasteiger partial charge in [0.1, 0.15) is 11.5 Å². The van der Waals surface area contributed by atoms with Crippen LogP contribution in [0, 0.1) is 6.92 Å². The first-order valence-corrected chi connectivity index (χ1v) is 10.1. The van der Waals surface area contributed by atoms with Crippen LogP contribution in [0.4, 0.5) is 11.4 Å². The van der Waals surface area contributed by atoms with E-state index in [0.717, 1.165) is 18.8 Å². The highest BCUT2D eigenvalue weighted by atomic mass is 32.2. The number of ether oxygens (including phenoxy) is 3. The lowest BCUT2D eigenvalue weighted by molar-refractivity contribution is 0.122.